The number of fused-ring (bicyclic) bond motifs is 1. The number of halogens is 2. The van der Waals surface area contributed by atoms with Crippen molar-refractivity contribution in [3.63, 3.8) is 0 Å². The van der Waals surface area contributed by atoms with E-state index in [-0.39, 0.29) is 17.6 Å². The summed E-state index contributed by atoms with van der Waals surface area (Å²) in [5.41, 5.74) is 4.88. The highest BCUT2D eigenvalue weighted by Crippen LogP contribution is 2.38. The smallest absolute Gasteiger partial charge is 0.182 e. The molecule has 1 aliphatic rings. The molecule has 9 heteroatoms. The number of benzene rings is 2. The van der Waals surface area contributed by atoms with Gasteiger partial charge < -0.3 is 4.74 Å². The van der Waals surface area contributed by atoms with Crippen LogP contribution < -0.4 is 0 Å². The third-order valence-corrected chi connectivity index (χ3v) is 7.01. The number of nitrogens with zero attached hydrogens (tertiary/aromatic N) is 6. The number of rotatable bonds is 5. The van der Waals surface area contributed by atoms with Crippen molar-refractivity contribution >= 4 is 11.2 Å². The van der Waals surface area contributed by atoms with Gasteiger partial charge in [0.25, 0.3) is 0 Å². The van der Waals surface area contributed by atoms with Gasteiger partial charge in [0.1, 0.15) is 28.7 Å². The van der Waals surface area contributed by atoms with Crippen LogP contribution in [-0.2, 0) is 11.3 Å². The van der Waals surface area contributed by atoms with Crippen LogP contribution in [0.1, 0.15) is 53.2 Å². The predicted molar refractivity (Wildman–Crippen MR) is 138 cm³/mol. The summed E-state index contributed by atoms with van der Waals surface area (Å²) in [6.45, 7) is 4.90. The van der Waals surface area contributed by atoms with E-state index in [2.05, 4.69) is 27.2 Å². The fourth-order valence-corrected chi connectivity index (χ4v) is 4.85. The van der Waals surface area contributed by atoms with Gasteiger partial charge in [-0.3, -0.25) is 4.68 Å². The molecule has 7 nitrogen and oxygen atoms in total. The molecule has 0 amide bonds. The Labute approximate surface area is 218 Å². The fourth-order valence-electron chi connectivity index (χ4n) is 4.85. The average molecular weight is 513 g/mol. The van der Waals surface area contributed by atoms with E-state index in [0.717, 1.165) is 17.3 Å². The van der Waals surface area contributed by atoms with Crippen molar-refractivity contribution in [1.29, 1.82) is 0 Å². The molecule has 0 unspecified atom stereocenters. The van der Waals surface area contributed by atoms with Crippen molar-refractivity contribution in [3.05, 3.63) is 101 Å². The third-order valence-electron chi connectivity index (χ3n) is 7.01. The van der Waals surface area contributed by atoms with Gasteiger partial charge in [0.15, 0.2) is 5.65 Å². The number of aromatic nitrogens is 6. The fraction of sp³-hybridized carbons (Fsp3) is 0.276. The molecule has 1 saturated heterocycles. The zero-order valence-electron chi connectivity index (χ0n) is 21.1. The maximum atomic E-state index is 14.9. The van der Waals surface area contributed by atoms with Crippen LogP contribution in [0.4, 0.5) is 8.78 Å². The van der Waals surface area contributed by atoms with E-state index >= 15 is 0 Å². The zero-order valence-corrected chi connectivity index (χ0v) is 21.1. The van der Waals surface area contributed by atoms with Crippen LogP contribution in [0, 0.1) is 25.5 Å². The highest BCUT2D eigenvalue weighted by molar-refractivity contribution is 5.87. The summed E-state index contributed by atoms with van der Waals surface area (Å²) in [6.07, 6.45) is 5.04. The first-order valence-electron chi connectivity index (χ1n) is 12.6. The molecule has 1 fully saturated rings. The Morgan fingerprint density at radius 3 is 2.61 bits per heavy atom. The predicted octanol–water partition coefficient (Wildman–Crippen LogP) is 5.86. The molecule has 5 aromatic rings. The minimum atomic E-state index is -0.702. The summed E-state index contributed by atoms with van der Waals surface area (Å²) in [6, 6.07) is 13.6. The normalized spacial score (nSPS) is 17.7. The Balaban J connectivity index is 1.34. The second kappa shape index (κ2) is 9.98. The van der Waals surface area contributed by atoms with Crippen molar-refractivity contribution < 1.29 is 13.5 Å². The molecule has 0 bridgehead atoms. The Morgan fingerprint density at radius 2 is 1.79 bits per heavy atom. The number of ether oxygens (including phenoxy) is 1. The van der Waals surface area contributed by atoms with Gasteiger partial charge in [-0.05, 0) is 44.4 Å². The quantitative estimate of drug-likeness (QED) is 0.293. The van der Waals surface area contributed by atoms with Crippen molar-refractivity contribution in [2.75, 3.05) is 6.61 Å². The van der Waals surface area contributed by atoms with Crippen LogP contribution in [0.25, 0.3) is 22.4 Å². The average Bonchev–Trinajstić information content (AvgIpc) is 3.38. The van der Waals surface area contributed by atoms with Gasteiger partial charge >= 0.3 is 0 Å². The lowest BCUT2D eigenvalue weighted by Gasteiger charge is -2.28. The lowest BCUT2D eigenvalue weighted by molar-refractivity contribution is 0.00397. The molecule has 0 N–H and O–H groups in total. The molecule has 1 aliphatic heterocycles. The monoisotopic (exact) mass is 512 g/mol. The zero-order chi connectivity index (χ0) is 26.2. The molecule has 38 heavy (non-hydrogen) atoms. The SMILES string of the molecule is Cc1nc2nc([C@H]3CCO[C@@H](c4cnn(Cc5ccccc5)c4)C3)nc(-c3ccc(F)cc3F)c2nc1C. The molecule has 0 saturated carbocycles. The summed E-state index contributed by atoms with van der Waals surface area (Å²) in [4.78, 5) is 18.8. The van der Waals surface area contributed by atoms with Gasteiger partial charge in [0.2, 0.25) is 0 Å². The Kier molecular flexibility index (Phi) is 6.37. The highest BCUT2D eigenvalue weighted by Gasteiger charge is 2.29. The molecule has 4 heterocycles. The molecule has 0 spiro atoms. The first-order chi connectivity index (χ1) is 18.4. The van der Waals surface area contributed by atoms with Crippen molar-refractivity contribution in [1.82, 2.24) is 29.7 Å². The lowest BCUT2D eigenvalue weighted by atomic mass is 9.92. The minimum Gasteiger partial charge on any atom is -0.373 e. The van der Waals surface area contributed by atoms with Gasteiger partial charge in [0, 0.05) is 35.9 Å². The van der Waals surface area contributed by atoms with E-state index in [1.54, 1.807) is 0 Å². The Bertz CT molecular complexity index is 1620. The van der Waals surface area contributed by atoms with Crippen molar-refractivity contribution in [2.24, 2.45) is 0 Å². The standard InChI is InChI=1S/C29H26F2N6O/c1-17-18(2)34-29-27(33-17)26(23-9-8-22(30)13-24(23)31)35-28(36-29)20-10-11-38-25(12-20)21-14-32-37(16-21)15-19-6-4-3-5-7-19/h3-9,13-14,16,20,25H,10-12,15H2,1-2H3/t20-,25+/m0/s1. The van der Waals surface area contributed by atoms with E-state index in [4.69, 9.17) is 14.7 Å². The molecule has 192 valence electrons. The summed E-state index contributed by atoms with van der Waals surface area (Å²) >= 11 is 0. The first-order valence-corrected chi connectivity index (χ1v) is 12.6. The van der Waals surface area contributed by atoms with Crippen LogP contribution >= 0.6 is 0 Å². The summed E-state index contributed by atoms with van der Waals surface area (Å²) in [5.74, 6) is -0.838. The highest BCUT2D eigenvalue weighted by atomic mass is 19.1. The van der Waals surface area contributed by atoms with Crippen LogP contribution in [0.2, 0.25) is 0 Å². The minimum absolute atomic E-state index is 0.0405. The Hall–Kier alpha value is -4.11. The van der Waals surface area contributed by atoms with Crippen LogP contribution in [0.15, 0.2) is 60.9 Å². The van der Waals surface area contributed by atoms with E-state index < -0.39 is 11.6 Å². The van der Waals surface area contributed by atoms with Crippen molar-refractivity contribution in [2.45, 2.75) is 45.3 Å². The second-order valence-electron chi connectivity index (χ2n) is 9.66. The van der Waals surface area contributed by atoms with E-state index in [1.165, 1.54) is 17.7 Å². The molecule has 0 radical (unpaired) electrons. The maximum Gasteiger partial charge on any atom is 0.182 e. The second-order valence-corrected chi connectivity index (χ2v) is 9.66. The maximum absolute atomic E-state index is 14.9. The molecular weight excluding hydrogens is 486 g/mol. The molecule has 0 aliphatic carbocycles. The largest absolute Gasteiger partial charge is 0.373 e. The van der Waals surface area contributed by atoms with E-state index in [0.29, 0.717) is 54.4 Å². The van der Waals surface area contributed by atoms with E-state index in [1.807, 2.05) is 49.1 Å². The first kappa shape index (κ1) is 24.2. The number of hydrogen-bond acceptors (Lipinski definition) is 6. The van der Waals surface area contributed by atoms with Crippen LogP contribution in [0.5, 0.6) is 0 Å². The van der Waals surface area contributed by atoms with Gasteiger partial charge in [-0.25, -0.2) is 28.7 Å². The van der Waals surface area contributed by atoms with Gasteiger partial charge in [-0.1, -0.05) is 30.3 Å². The lowest BCUT2D eigenvalue weighted by Crippen LogP contribution is -2.20. The van der Waals surface area contributed by atoms with Crippen LogP contribution in [-0.4, -0.2) is 36.3 Å². The molecule has 2 aromatic carbocycles. The third kappa shape index (κ3) is 4.77. The summed E-state index contributed by atoms with van der Waals surface area (Å²) < 4.78 is 36.6. The Morgan fingerprint density at radius 1 is 0.974 bits per heavy atom. The van der Waals surface area contributed by atoms with Gasteiger partial charge in [-0.15, -0.1) is 0 Å². The molecule has 6 rings (SSSR count). The van der Waals surface area contributed by atoms with Crippen molar-refractivity contribution in [3.8, 4) is 11.3 Å². The molecule has 2 atom stereocenters. The van der Waals surface area contributed by atoms with Crippen LogP contribution in [0.3, 0.4) is 0 Å². The molecule has 3 aromatic heterocycles. The number of hydrogen-bond donors (Lipinski definition) is 0. The number of aryl methyl sites for hydroxylation is 2. The molecular formula is C29H26F2N6O. The van der Waals surface area contributed by atoms with E-state index in [9.17, 15) is 8.78 Å². The summed E-state index contributed by atoms with van der Waals surface area (Å²) in [7, 11) is 0. The van der Waals surface area contributed by atoms with Gasteiger partial charge in [0.05, 0.1) is 30.2 Å². The topological polar surface area (TPSA) is 78.6 Å². The summed E-state index contributed by atoms with van der Waals surface area (Å²) in [5, 5.41) is 4.53. The van der Waals surface area contributed by atoms with Gasteiger partial charge in [-0.2, -0.15) is 5.10 Å².